The van der Waals surface area contributed by atoms with E-state index in [9.17, 15) is 0 Å². The molecule has 1 unspecified atom stereocenters. The third-order valence-corrected chi connectivity index (χ3v) is 3.38. The molecule has 0 nitrogen and oxygen atoms in total. The van der Waals surface area contributed by atoms with Gasteiger partial charge in [-0.1, -0.05) is 36.4 Å². The second-order valence-corrected chi connectivity index (χ2v) is 4.11. The van der Waals surface area contributed by atoms with Crippen LogP contribution in [-0.4, -0.2) is 0 Å². The van der Waals surface area contributed by atoms with E-state index in [0.717, 1.165) is 0 Å². The van der Waals surface area contributed by atoms with E-state index in [2.05, 4.69) is 42.8 Å². The first-order valence-corrected chi connectivity index (χ1v) is 5.01. The number of hydrogen-bond acceptors (Lipinski definition) is 0. The normalized spacial score (nSPS) is 22.5. The highest BCUT2D eigenvalue weighted by Gasteiger charge is 2.36. The lowest BCUT2D eigenvalue weighted by Crippen LogP contribution is -2.16. The first-order chi connectivity index (χ1) is 6.41. The molecule has 1 atom stereocenters. The summed E-state index contributed by atoms with van der Waals surface area (Å²) in [5, 5.41) is 0. The molecule has 1 aromatic carbocycles. The van der Waals surface area contributed by atoms with Crippen molar-refractivity contribution in [2.75, 3.05) is 0 Å². The van der Waals surface area contributed by atoms with Crippen molar-refractivity contribution in [1.29, 1.82) is 0 Å². The van der Waals surface area contributed by atoms with Crippen LogP contribution in [0, 0.1) is 6.42 Å². The van der Waals surface area contributed by atoms with E-state index in [1.807, 2.05) is 0 Å². The molecule has 1 fully saturated rings. The maximum Gasteiger partial charge on any atom is 0.0144 e. The Labute approximate surface area is 79.3 Å². The highest BCUT2D eigenvalue weighted by Crippen LogP contribution is 2.47. The molecule has 65 valence electrons. The summed E-state index contributed by atoms with van der Waals surface area (Å²) in [6, 6.07) is 8.79. The molecule has 0 heteroatoms. The first-order valence-electron chi connectivity index (χ1n) is 5.01. The molecule has 1 radical (unpaired) electrons. The van der Waals surface area contributed by atoms with Crippen molar-refractivity contribution in [2.45, 2.75) is 24.7 Å². The van der Waals surface area contributed by atoms with E-state index in [0.29, 0.717) is 5.41 Å². The van der Waals surface area contributed by atoms with Crippen LogP contribution in [-0.2, 0) is 5.41 Å². The highest BCUT2D eigenvalue weighted by molar-refractivity contribution is 5.65. The monoisotopic (exact) mass is 169 g/mol. The molecular weight excluding hydrogens is 156 g/mol. The Balaban J connectivity index is 2.16. The van der Waals surface area contributed by atoms with Crippen LogP contribution in [0.15, 0.2) is 30.3 Å². The first kappa shape index (κ1) is 7.37. The fraction of sp³-hybridized carbons (Fsp3) is 0.308. The lowest BCUT2D eigenvalue weighted by Gasteiger charge is -2.22. The van der Waals surface area contributed by atoms with Gasteiger partial charge < -0.3 is 0 Å². The zero-order valence-electron chi connectivity index (χ0n) is 7.66. The van der Waals surface area contributed by atoms with Gasteiger partial charge in [-0.15, -0.1) is 0 Å². The van der Waals surface area contributed by atoms with Crippen LogP contribution < -0.4 is 0 Å². The summed E-state index contributed by atoms with van der Waals surface area (Å²) in [5.74, 6) is 0. The molecule has 0 saturated heterocycles. The largest absolute Gasteiger partial charge is 0.0733 e. The van der Waals surface area contributed by atoms with Crippen molar-refractivity contribution in [1.82, 2.24) is 0 Å². The zero-order valence-corrected chi connectivity index (χ0v) is 7.66. The summed E-state index contributed by atoms with van der Waals surface area (Å²) in [6.07, 6.45) is 10.9. The average Bonchev–Trinajstić information content (AvgIpc) is 2.78. The Bertz CT molecular complexity index is 354. The van der Waals surface area contributed by atoms with Gasteiger partial charge in [0.25, 0.3) is 0 Å². The van der Waals surface area contributed by atoms with Crippen molar-refractivity contribution in [3.8, 4) is 0 Å². The third-order valence-electron chi connectivity index (χ3n) is 3.38. The van der Waals surface area contributed by atoms with Crippen LogP contribution in [0.1, 0.15) is 30.4 Å². The quantitative estimate of drug-likeness (QED) is 0.558. The molecule has 2 aliphatic rings. The Morgan fingerprint density at radius 2 is 2.08 bits per heavy atom. The van der Waals surface area contributed by atoms with E-state index < -0.39 is 0 Å². The summed E-state index contributed by atoms with van der Waals surface area (Å²) in [6.45, 7) is 0. The summed E-state index contributed by atoms with van der Waals surface area (Å²) in [5.41, 5.74) is 3.36. The summed E-state index contributed by atoms with van der Waals surface area (Å²) in [7, 11) is 0. The molecule has 1 aromatic rings. The summed E-state index contributed by atoms with van der Waals surface area (Å²) < 4.78 is 0. The zero-order chi connectivity index (χ0) is 8.73. The Morgan fingerprint density at radius 3 is 2.92 bits per heavy atom. The average molecular weight is 169 g/mol. The fourth-order valence-corrected chi connectivity index (χ4v) is 2.65. The van der Waals surface area contributed by atoms with Gasteiger partial charge in [-0.25, -0.2) is 0 Å². The summed E-state index contributed by atoms with van der Waals surface area (Å²) in [4.78, 5) is 0. The fourth-order valence-electron chi connectivity index (χ4n) is 2.65. The lowest BCUT2D eigenvalue weighted by atomic mass is 9.81. The predicted molar refractivity (Wildman–Crippen MR) is 55.3 cm³/mol. The number of hydrogen-bond donors (Lipinski definition) is 0. The van der Waals surface area contributed by atoms with E-state index in [1.54, 1.807) is 5.56 Å². The molecule has 13 heavy (non-hydrogen) atoms. The SMILES string of the molecule is [CH]1CCC2(C=Cc3ccccc32)C1. The molecule has 1 saturated carbocycles. The van der Waals surface area contributed by atoms with Crippen molar-refractivity contribution < 1.29 is 0 Å². The van der Waals surface area contributed by atoms with E-state index >= 15 is 0 Å². The summed E-state index contributed by atoms with van der Waals surface area (Å²) >= 11 is 0. The number of benzene rings is 1. The van der Waals surface area contributed by atoms with E-state index in [-0.39, 0.29) is 0 Å². The van der Waals surface area contributed by atoms with Crippen LogP contribution in [0.2, 0.25) is 0 Å². The molecule has 0 bridgehead atoms. The number of fused-ring (bicyclic) bond motifs is 2. The van der Waals surface area contributed by atoms with Crippen LogP contribution in [0.4, 0.5) is 0 Å². The maximum absolute atomic E-state index is 2.42. The van der Waals surface area contributed by atoms with Gasteiger partial charge in [0.2, 0.25) is 0 Å². The molecule has 1 spiro atoms. The van der Waals surface area contributed by atoms with Crippen LogP contribution in [0.25, 0.3) is 6.08 Å². The Morgan fingerprint density at radius 1 is 1.15 bits per heavy atom. The molecule has 3 rings (SSSR count). The molecule has 0 N–H and O–H groups in total. The van der Waals surface area contributed by atoms with Crippen molar-refractivity contribution in [2.24, 2.45) is 0 Å². The minimum atomic E-state index is 0.386. The Kier molecular flexibility index (Phi) is 1.40. The Hall–Kier alpha value is -1.04. The van der Waals surface area contributed by atoms with Gasteiger partial charge in [-0.05, 0) is 36.8 Å². The topological polar surface area (TPSA) is 0 Å². The standard InChI is InChI=1S/C13H13/c1-2-6-12-11(5-1)7-10-13(12)8-3-4-9-13/h1-3,5-7,10H,4,8-9H2. The third kappa shape index (κ3) is 0.918. The van der Waals surface area contributed by atoms with Crippen LogP contribution >= 0.6 is 0 Å². The molecule has 0 aromatic heterocycles. The second-order valence-electron chi connectivity index (χ2n) is 4.11. The minimum absolute atomic E-state index is 0.386. The van der Waals surface area contributed by atoms with Gasteiger partial charge in [0.15, 0.2) is 0 Å². The van der Waals surface area contributed by atoms with Gasteiger partial charge in [0.1, 0.15) is 0 Å². The van der Waals surface area contributed by atoms with Gasteiger partial charge in [-0.3, -0.25) is 0 Å². The van der Waals surface area contributed by atoms with E-state index in [1.165, 1.54) is 24.8 Å². The second kappa shape index (κ2) is 2.47. The maximum atomic E-state index is 2.42. The number of allylic oxidation sites excluding steroid dienone is 1. The number of rotatable bonds is 0. The predicted octanol–water partition coefficient (Wildman–Crippen LogP) is 3.34. The van der Waals surface area contributed by atoms with Crippen molar-refractivity contribution in [3.63, 3.8) is 0 Å². The van der Waals surface area contributed by atoms with Crippen molar-refractivity contribution >= 4 is 6.08 Å². The molecular formula is C13H13. The van der Waals surface area contributed by atoms with Gasteiger partial charge in [-0.2, -0.15) is 0 Å². The van der Waals surface area contributed by atoms with Crippen LogP contribution in [0.5, 0.6) is 0 Å². The highest BCUT2D eigenvalue weighted by atomic mass is 14.4. The molecule has 0 heterocycles. The van der Waals surface area contributed by atoms with Gasteiger partial charge in [0, 0.05) is 5.41 Å². The van der Waals surface area contributed by atoms with Gasteiger partial charge in [0.05, 0.1) is 0 Å². The molecule has 2 aliphatic carbocycles. The molecule has 0 aliphatic heterocycles. The van der Waals surface area contributed by atoms with Crippen LogP contribution in [0.3, 0.4) is 0 Å². The minimum Gasteiger partial charge on any atom is -0.0733 e. The molecule has 0 amide bonds. The van der Waals surface area contributed by atoms with Gasteiger partial charge >= 0.3 is 0 Å². The smallest absolute Gasteiger partial charge is 0.0144 e. The van der Waals surface area contributed by atoms with E-state index in [4.69, 9.17) is 0 Å². The lowest BCUT2D eigenvalue weighted by molar-refractivity contribution is 0.575. The van der Waals surface area contributed by atoms with Crippen molar-refractivity contribution in [3.05, 3.63) is 47.9 Å².